The van der Waals surface area contributed by atoms with Crippen LogP contribution >= 0.6 is 22.6 Å². The Balaban J connectivity index is 2.11. The fraction of sp³-hybridized carbons (Fsp3) is 0.692. The van der Waals surface area contributed by atoms with Crippen LogP contribution in [0, 0.1) is 10.5 Å². The second-order valence-electron chi connectivity index (χ2n) is 4.65. The van der Waals surface area contributed by atoms with Crippen molar-refractivity contribution in [2.45, 2.75) is 45.6 Å². The average Bonchev–Trinajstić information content (AvgIpc) is 2.84. The minimum atomic E-state index is 0.309. The highest BCUT2D eigenvalue weighted by Gasteiger charge is 2.18. The molecule has 0 aromatic carbocycles. The number of halogens is 1. The van der Waals surface area contributed by atoms with Crippen LogP contribution in [-0.4, -0.2) is 29.2 Å². The molecular weight excluding hydrogens is 341 g/mol. The molecule has 1 aliphatic heterocycles. The molecule has 1 fully saturated rings. The van der Waals surface area contributed by atoms with Gasteiger partial charge < -0.3 is 10.1 Å². The first-order valence-corrected chi connectivity index (χ1v) is 7.67. The second kappa shape index (κ2) is 6.65. The van der Waals surface area contributed by atoms with Gasteiger partial charge in [-0.1, -0.05) is 6.92 Å². The van der Waals surface area contributed by atoms with Crippen molar-refractivity contribution in [3.05, 3.63) is 15.1 Å². The van der Waals surface area contributed by atoms with Crippen molar-refractivity contribution in [2.24, 2.45) is 0 Å². The maximum absolute atomic E-state index is 5.65. The Hall–Kier alpha value is -0.430. The van der Waals surface area contributed by atoms with Crippen LogP contribution in [0.15, 0.2) is 0 Å². The van der Waals surface area contributed by atoms with E-state index in [2.05, 4.69) is 44.8 Å². The number of anilines is 1. The Morgan fingerprint density at radius 1 is 1.44 bits per heavy atom. The molecule has 0 radical (unpaired) electrons. The summed E-state index contributed by atoms with van der Waals surface area (Å²) in [5.41, 5.74) is 1.05. The summed E-state index contributed by atoms with van der Waals surface area (Å²) in [5.74, 6) is 1.87. The Bertz CT molecular complexity index is 405. The van der Waals surface area contributed by atoms with Crippen LogP contribution in [0.2, 0.25) is 0 Å². The van der Waals surface area contributed by atoms with Gasteiger partial charge in [-0.05, 0) is 48.8 Å². The lowest BCUT2D eigenvalue weighted by molar-refractivity contribution is 0.110. The van der Waals surface area contributed by atoms with E-state index in [1.54, 1.807) is 0 Å². The van der Waals surface area contributed by atoms with Crippen LogP contribution in [0.1, 0.15) is 37.7 Å². The number of ether oxygens (including phenoxy) is 1. The second-order valence-corrected chi connectivity index (χ2v) is 5.73. The molecule has 0 amide bonds. The van der Waals surface area contributed by atoms with E-state index in [4.69, 9.17) is 4.74 Å². The highest BCUT2D eigenvalue weighted by Crippen LogP contribution is 2.21. The van der Waals surface area contributed by atoms with Crippen molar-refractivity contribution in [3.8, 4) is 0 Å². The highest BCUT2D eigenvalue weighted by atomic mass is 127. The van der Waals surface area contributed by atoms with Crippen molar-refractivity contribution in [1.82, 2.24) is 9.97 Å². The molecule has 1 aromatic rings. The maximum atomic E-state index is 5.65. The predicted octanol–water partition coefficient (Wildman–Crippen LogP) is 2.93. The number of nitrogens with one attached hydrogen (secondary N) is 1. The van der Waals surface area contributed by atoms with Gasteiger partial charge in [-0.2, -0.15) is 0 Å². The Morgan fingerprint density at radius 2 is 2.28 bits per heavy atom. The van der Waals surface area contributed by atoms with Gasteiger partial charge in [0.2, 0.25) is 0 Å². The summed E-state index contributed by atoms with van der Waals surface area (Å²) in [5, 5.41) is 3.37. The molecular formula is C13H20IN3O. The normalized spacial score (nSPS) is 19.2. The Morgan fingerprint density at radius 3 is 2.94 bits per heavy atom. The first-order valence-electron chi connectivity index (χ1n) is 6.59. The number of nitrogens with zero attached hydrogens (tertiary/aromatic N) is 2. The molecule has 1 aromatic heterocycles. The minimum absolute atomic E-state index is 0.309. The molecule has 0 saturated carbocycles. The fourth-order valence-electron chi connectivity index (χ4n) is 2.08. The number of hydrogen-bond donors (Lipinski definition) is 1. The summed E-state index contributed by atoms with van der Waals surface area (Å²) in [7, 11) is 0. The first kappa shape index (κ1) is 14.0. The molecule has 0 aliphatic carbocycles. The van der Waals surface area contributed by atoms with E-state index in [-0.39, 0.29) is 0 Å². The van der Waals surface area contributed by atoms with E-state index < -0.39 is 0 Å². The van der Waals surface area contributed by atoms with Gasteiger partial charge in [-0.25, -0.2) is 9.97 Å². The van der Waals surface area contributed by atoms with Crippen molar-refractivity contribution in [3.63, 3.8) is 0 Å². The molecule has 0 spiro atoms. The predicted molar refractivity (Wildman–Crippen MR) is 80.9 cm³/mol. The molecule has 4 nitrogen and oxygen atoms in total. The summed E-state index contributed by atoms with van der Waals surface area (Å²) in [4.78, 5) is 9.19. The molecule has 1 N–H and O–H groups in total. The monoisotopic (exact) mass is 361 g/mol. The molecule has 2 heterocycles. The van der Waals surface area contributed by atoms with Gasteiger partial charge in [0.25, 0.3) is 0 Å². The third-order valence-electron chi connectivity index (χ3n) is 3.04. The van der Waals surface area contributed by atoms with Crippen LogP contribution < -0.4 is 5.32 Å². The minimum Gasteiger partial charge on any atom is -0.378 e. The third kappa shape index (κ3) is 3.54. The lowest BCUT2D eigenvalue weighted by Crippen LogP contribution is -2.15. The molecule has 2 rings (SSSR count). The molecule has 0 bridgehead atoms. The first-order chi connectivity index (χ1) is 8.70. The Labute approximate surface area is 122 Å². The van der Waals surface area contributed by atoms with Crippen LogP contribution in [0.4, 0.5) is 5.82 Å². The fourth-order valence-corrected chi connectivity index (χ4v) is 2.51. The average molecular weight is 361 g/mol. The summed E-state index contributed by atoms with van der Waals surface area (Å²) in [6, 6.07) is 0. The molecule has 1 unspecified atom stereocenters. The van der Waals surface area contributed by atoms with Gasteiger partial charge in [0.1, 0.15) is 11.6 Å². The van der Waals surface area contributed by atoms with Crippen LogP contribution in [-0.2, 0) is 11.2 Å². The standard InChI is InChI=1S/C13H20IN3O/c1-3-6-15-13-12(14)9(2)16-11(17-13)8-10-5-4-7-18-10/h10H,3-8H2,1-2H3,(H,15,16,17). The van der Waals surface area contributed by atoms with Gasteiger partial charge >= 0.3 is 0 Å². The van der Waals surface area contributed by atoms with Gasteiger partial charge in [0.05, 0.1) is 15.4 Å². The van der Waals surface area contributed by atoms with Crippen molar-refractivity contribution < 1.29 is 4.74 Å². The largest absolute Gasteiger partial charge is 0.378 e. The lowest BCUT2D eigenvalue weighted by atomic mass is 10.2. The quantitative estimate of drug-likeness (QED) is 0.820. The van der Waals surface area contributed by atoms with Crippen LogP contribution in [0.5, 0.6) is 0 Å². The third-order valence-corrected chi connectivity index (χ3v) is 4.33. The van der Waals surface area contributed by atoms with Crippen molar-refractivity contribution in [1.29, 1.82) is 0 Å². The van der Waals surface area contributed by atoms with E-state index in [9.17, 15) is 0 Å². The van der Waals surface area contributed by atoms with E-state index in [0.717, 1.165) is 59.7 Å². The SMILES string of the molecule is CCCNc1nc(CC2CCCO2)nc(C)c1I. The molecule has 5 heteroatoms. The summed E-state index contributed by atoms with van der Waals surface area (Å²) in [6.07, 6.45) is 4.53. The zero-order chi connectivity index (χ0) is 13.0. The smallest absolute Gasteiger partial charge is 0.143 e. The number of hydrogen-bond acceptors (Lipinski definition) is 4. The summed E-state index contributed by atoms with van der Waals surface area (Å²) >= 11 is 2.31. The molecule has 1 saturated heterocycles. The molecule has 18 heavy (non-hydrogen) atoms. The molecule has 1 aliphatic rings. The van der Waals surface area contributed by atoms with E-state index in [0.29, 0.717) is 6.10 Å². The van der Waals surface area contributed by atoms with Gasteiger partial charge in [0.15, 0.2) is 0 Å². The number of rotatable bonds is 5. The van der Waals surface area contributed by atoms with Crippen molar-refractivity contribution >= 4 is 28.4 Å². The van der Waals surface area contributed by atoms with Gasteiger partial charge in [0, 0.05) is 19.6 Å². The van der Waals surface area contributed by atoms with E-state index >= 15 is 0 Å². The number of aromatic nitrogens is 2. The highest BCUT2D eigenvalue weighted by molar-refractivity contribution is 14.1. The van der Waals surface area contributed by atoms with Gasteiger partial charge in [-0.3, -0.25) is 0 Å². The topological polar surface area (TPSA) is 47.0 Å². The summed E-state index contributed by atoms with van der Waals surface area (Å²) < 4.78 is 6.77. The maximum Gasteiger partial charge on any atom is 0.143 e. The summed E-state index contributed by atoms with van der Waals surface area (Å²) in [6.45, 7) is 6.03. The van der Waals surface area contributed by atoms with Crippen molar-refractivity contribution in [2.75, 3.05) is 18.5 Å². The zero-order valence-electron chi connectivity index (χ0n) is 11.0. The Kier molecular flexibility index (Phi) is 5.17. The zero-order valence-corrected chi connectivity index (χ0v) is 13.2. The van der Waals surface area contributed by atoms with Gasteiger partial charge in [-0.15, -0.1) is 0 Å². The van der Waals surface area contributed by atoms with Crippen LogP contribution in [0.25, 0.3) is 0 Å². The van der Waals surface area contributed by atoms with E-state index in [1.165, 1.54) is 0 Å². The number of aryl methyl sites for hydroxylation is 1. The molecule has 100 valence electrons. The van der Waals surface area contributed by atoms with Crippen LogP contribution in [0.3, 0.4) is 0 Å². The molecule has 1 atom stereocenters. The lowest BCUT2D eigenvalue weighted by Gasteiger charge is -2.13. The van der Waals surface area contributed by atoms with E-state index in [1.807, 2.05) is 6.92 Å².